The molecule has 6 nitrogen and oxygen atoms in total. The predicted octanol–water partition coefficient (Wildman–Crippen LogP) is -0.00540. The monoisotopic (exact) mass is 245 g/mol. The first kappa shape index (κ1) is 13.2. The molecule has 0 saturated carbocycles. The number of carboxylic acids is 1. The van der Waals surface area contributed by atoms with Crippen molar-refractivity contribution in [2.24, 2.45) is 0 Å². The fraction of sp³-hybridized carbons (Fsp3) is 0.300. The number of anilines is 1. The summed E-state index contributed by atoms with van der Waals surface area (Å²) in [6.07, 6.45) is -1.09. The van der Waals surface area contributed by atoms with Crippen LogP contribution in [0.1, 0.15) is 10.4 Å². The highest BCUT2D eigenvalue weighted by Crippen LogP contribution is 2.28. The number of hydrogen-bond acceptors (Lipinski definition) is 5. The minimum Gasteiger partial charge on any atom is -0.503 e. The van der Waals surface area contributed by atoms with Crippen molar-refractivity contribution in [2.75, 3.05) is 18.5 Å². The number of rotatable bonds is 5. The van der Waals surface area contributed by atoms with Gasteiger partial charge in [0.15, 0.2) is 11.6 Å². The summed E-state index contributed by atoms with van der Waals surface area (Å²) in [5.41, 5.74) is -0.490. The van der Waals surface area contributed by atoms with Gasteiger partial charge >= 0.3 is 5.97 Å². The number of aromatic hydroxyl groups is 1. The van der Waals surface area contributed by atoms with Crippen molar-refractivity contribution in [3.05, 3.63) is 23.5 Å². The van der Waals surface area contributed by atoms with Crippen molar-refractivity contribution in [1.82, 2.24) is 0 Å². The lowest BCUT2D eigenvalue weighted by atomic mass is 10.1. The summed E-state index contributed by atoms with van der Waals surface area (Å²) in [6, 6.07) is 1.72. The van der Waals surface area contributed by atoms with Gasteiger partial charge in [-0.3, -0.25) is 0 Å². The Balaban J connectivity index is 2.93. The van der Waals surface area contributed by atoms with Crippen LogP contribution in [-0.4, -0.2) is 45.7 Å². The molecule has 0 saturated heterocycles. The minimum atomic E-state index is -1.34. The van der Waals surface area contributed by atoms with E-state index in [1.165, 1.54) is 0 Å². The van der Waals surface area contributed by atoms with Crippen molar-refractivity contribution in [3.8, 4) is 5.75 Å². The first-order chi connectivity index (χ1) is 7.95. The van der Waals surface area contributed by atoms with Crippen LogP contribution in [0.3, 0.4) is 0 Å². The molecule has 17 heavy (non-hydrogen) atoms. The van der Waals surface area contributed by atoms with E-state index >= 15 is 0 Å². The number of benzene rings is 1. The van der Waals surface area contributed by atoms with Gasteiger partial charge in [0.1, 0.15) is 0 Å². The van der Waals surface area contributed by atoms with Gasteiger partial charge in [-0.05, 0) is 12.1 Å². The van der Waals surface area contributed by atoms with Crippen LogP contribution in [0.15, 0.2) is 12.1 Å². The summed E-state index contributed by atoms with van der Waals surface area (Å²) < 4.78 is 13.1. The summed E-state index contributed by atoms with van der Waals surface area (Å²) in [4.78, 5) is 10.6. The molecule has 0 aliphatic heterocycles. The minimum absolute atomic E-state index is 0.146. The second-order valence-corrected chi connectivity index (χ2v) is 3.38. The molecule has 94 valence electrons. The Labute approximate surface area is 95.9 Å². The number of carboxylic acid groups (broad SMARTS) is 1. The topological polar surface area (TPSA) is 110 Å². The predicted molar refractivity (Wildman–Crippen MR) is 56.6 cm³/mol. The standard InChI is InChI=1S/C10H12FNO5/c11-7-1-5(10(16)17)2-8(9(7)15)12-3-6(14)4-13/h1-2,6,12-15H,3-4H2,(H,16,17). The fourth-order valence-electron chi connectivity index (χ4n) is 1.15. The molecule has 0 aromatic heterocycles. The molecular weight excluding hydrogens is 233 g/mol. The number of aliphatic hydroxyl groups is 2. The average Bonchev–Trinajstić information content (AvgIpc) is 2.30. The number of carbonyl (C=O) groups is 1. The molecule has 0 aliphatic carbocycles. The Morgan fingerprint density at radius 1 is 1.47 bits per heavy atom. The second kappa shape index (κ2) is 5.46. The second-order valence-electron chi connectivity index (χ2n) is 3.38. The van der Waals surface area contributed by atoms with E-state index in [0.717, 1.165) is 6.07 Å². The van der Waals surface area contributed by atoms with Gasteiger partial charge in [0.2, 0.25) is 0 Å². The van der Waals surface area contributed by atoms with Crippen LogP contribution in [0.25, 0.3) is 0 Å². The number of hydrogen-bond donors (Lipinski definition) is 5. The number of aromatic carboxylic acids is 1. The maximum absolute atomic E-state index is 13.1. The first-order valence-corrected chi connectivity index (χ1v) is 4.74. The molecular formula is C10H12FNO5. The zero-order valence-corrected chi connectivity index (χ0v) is 8.72. The molecule has 1 atom stereocenters. The van der Waals surface area contributed by atoms with E-state index in [1.807, 2.05) is 0 Å². The quantitative estimate of drug-likeness (QED) is 0.467. The van der Waals surface area contributed by atoms with Crippen molar-refractivity contribution in [3.63, 3.8) is 0 Å². The van der Waals surface area contributed by atoms with Gasteiger partial charge < -0.3 is 25.7 Å². The number of phenolic OH excluding ortho intramolecular Hbond substituents is 1. The van der Waals surface area contributed by atoms with Gasteiger partial charge in [-0.2, -0.15) is 0 Å². The van der Waals surface area contributed by atoms with Crippen LogP contribution >= 0.6 is 0 Å². The maximum Gasteiger partial charge on any atom is 0.335 e. The van der Waals surface area contributed by atoms with E-state index in [2.05, 4.69) is 5.32 Å². The van der Waals surface area contributed by atoms with Gasteiger partial charge in [-0.15, -0.1) is 0 Å². The van der Waals surface area contributed by atoms with Crippen molar-refractivity contribution >= 4 is 11.7 Å². The summed E-state index contributed by atoms with van der Waals surface area (Å²) in [5.74, 6) is -3.15. The van der Waals surface area contributed by atoms with E-state index in [1.54, 1.807) is 0 Å². The van der Waals surface area contributed by atoms with Crippen LogP contribution in [0.2, 0.25) is 0 Å². The number of phenols is 1. The number of aliphatic hydroxyl groups excluding tert-OH is 2. The van der Waals surface area contributed by atoms with Crippen molar-refractivity contribution < 1.29 is 29.6 Å². The van der Waals surface area contributed by atoms with Crippen LogP contribution < -0.4 is 5.32 Å². The first-order valence-electron chi connectivity index (χ1n) is 4.74. The largest absolute Gasteiger partial charge is 0.503 e. The molecule has 1 aromatic carbocycles. The van der Waals surface area contributed by atoms with Gasteiger partial charge in [0.25, 0.3) is 0 Å². The zero-order valence-electron chi connectivity index (χ0n) is 8.72. The van der Waals surface area contributed by atoms with E-state index < -0.39 is 30.2 Å². The van der Waals surface area contributed by atoms with E-state index in [-0.39, 0.29) is 17.8 Å². The summed E-state index contributed by atoms with van der Waals surface area (Å²) in [7, 11) is 0. The lowest BCUT2D eigenvalue weighted by Crippen LogP contribution is -2.23. The number of halogens is 1. The summed E-state index contributed by atoms with van der Waals surface area (Å²) >= 11 is 0. The highest BCUT2D eigenvalue weighted by atomic mass is 19.1. The Kier molecular flexibility index (Phi) is 4.24. The maximum atomic E-state index is 13.1. The normalized spacial score (nSPS) is 12.2. The zero-order chi connectivity index (χ0) is 13.0. The SMILES string of the molecule is O=C(O)c1cc(F)c(O)c(NCC(O)CO)c1. The molecule has 0 fully saturated rings. The lowest BCUT2D eigenvalue weighted by molar-refractivity contribution is 0.0696. The molecule has 0 amide bonds. The molecule has 5 N–H and O–H groups in total. The van der Waals surface area contributed by atoms with Crippen LogP contribution in [0.5, 0.6) is 5.75 Å². The Bertz CT molecular complexity index is 423. The third kappa shape index (κ3) is 3.30. The van der Waals surface area contributed by atoms with Crippen LogP contribution in [0.4, 0.5) is 10.1 Å². The molecule has 1 rings (SSSR count). The Morgan fingerprint density at radius 3 is 2.65 bits per heavy atom. The molecule has 0 heterocycles. The molecule has 0 aliphatic rings. The van der Waals surface area contributed by atoms with Gasteiger partial charge in [0, 0.05) is 6.54 Å². The highest BCUT2D eigenvalue weighted by Gasteiger charge is 2.14. The third-order valence-corrected chi connectivity index (χ3v) is 2.05. The van der Waals surface area contributed by atoms with E-state index in [0.29, 0.717) is 6.07 Å². The smallest absolute Gasteiger partial charge is 0.335 e. The average molecular weight is 245 g/mol. The van der Waals surface area contributed by atoms with E-state index in [4.69, 9.17) is 15.3 Å². The summed E-state index contributed by atoms with van der Waals surface area (Å²) in [6.45, 7) is -0.651. The van der Waals surface area contributed by atoms with Crippen LogP contribution in [0, 0.1) is 5.82 Å². The van der Waals surface area contributed by atoms with Crippen molar-refractivity contribution in [1.29, 1.82) is 0 Å². The Morgan fingerprint density at radius 2 is 2.12 bits per heavy atom. The molecule has 1 aromatic rings. The van der Waals surface area contributed by atoms with Gasteiger partial charge in [-0.1, -0.05) is 0 Å². The Hall–Kier alpha value is -1.86. The summed E-state index contributed by atoms with van der Waals surface area (Å²) in [5, 5.41) is 38.0. The van der Waals surface area contributed by atoms with Crippen LogP contribution in [-0.2, 0) is 0 Å². The van der Waals surface area contributed by atoms with Crippen molar-refractivity contribution in [2.45, 2.75) is 6.10 Å². The van der Waals surface area contributed by atoms with Gasteiger partial charge in [-0.25, -0.2) is 9.18 Å². The fourth-order valence-corrected chi connectivity index (χ4v) is 1.15. The third-order valence-electron chi connectivity index (χ3n) is 2.05. The molecule has 7 heteroatoms. The van der Waals surface area contributed by atoms with Gasteiger partial charge in [0.05, 0.1) is 24.0 Å². The lowest BCUT2D eigenvalue weighted by Gasteiger charge is -2.12. The molecule has 0 radical (unpaired) electrons. The number of nitrogens with one attached hydrogen (secondary N) is 1. The van der Waals surface area contributed by atoms with E-state index in [9.17, 15) is 14.3 Å². The molecule has 0 spiro atoms. The molecule has 0 bridgehead atoms. The highest BCUT2D eigenvalue weighted by molar-refractivity contribution is 5.89. The molecule has 1 unspecified atom stereocenters.